The lowest BCUT2D eigenvalue weighted by Crippen LogP contribution is -2.61. The van der Waals surface area contributed by atoms with E-state index in [0.29, 0.717) is 19.3 Å². The summed E-state index contributed by atoms with van der Waals surface area (Å²) in [4.78, 5) is 51.5. The van der Waals surface area contributed by atoms with Crippen LogP contribution in [-0.4, -0.2) is 89.2 Å². The summed E-state index contributed by atoms with van der Waals surface area (Å²) in [5.74, 6) is -3.23. The maximum atomic E-state index is 13.2. The Morgan fingerprint density at radius 3 is 1.11 bits per heavy atom. The molecule has 1 rings (SSSR count). The number of aliphatic hydroxyl groups is 2. The Labute approximate surface area is 527 Å². The zero-order valence-corrected chi connectivity index (χ0v) is 54.2. The molecule has 0 aromatic carbocycles. The lowest BCUT2D eigenvalue weighted by Gasteiger charge is -2.40. The second-order valence-electron chi connectivity index (χ2n) is 22.3. The molecule has 12 nitrogen and oxygen atoms in total. The lowest BCUT2D eigenvalue weighted by molar-refractivity contribution is -0.301. The van der Waals surface area contributed by atoms with E-state index in [0.717, 1.165) is 141 Å². The number of hydrogen-bond donors (Lipinski definition) is 3. The molecule has 0 radical (unpaired) electrons. The van der Waals surface area contributed by atoms with Gasteiger partial charge >= 0.3 is 23.9 Å². The lowest BCUT2D eigenvalue weighted by atomic mass is 9.98. The van der Waals surface area contributed by atoms with Gasteiger partial charge in [0.15, 0.2) is 24.6 Å². The normalized spacial score (nSPS) is 18.3. The maximum absolute atomic E-state index is 13.2. The van der Waals surface area contributed by atoms with Crippen LogP contribution in [-0.2, 0) is 42.9 Å². The average Bonchev–Trinajstić information content (AvgIpc) is 2.56. The van der Waals surface area contributed by atoms with Gasteiger partial charge in [-0.2, -0.15) is 0 Å². The van der Waals surface area contributed by atoms with E-state index in [1.54, 1.807) is 0 Å². The summed E-state index contributed by atoms with van der Waals surface area (Å²) in [5, 5.41) is 31.6. The highest BCUT2D eigenvalue weighted by Crippen LogP contribution is 2.26. The van der Waals surface area contributed by atoms with Crippen LogP contribution in [0.1, 0.15) is 252 Å². The number of allylic oxidation sites excluding steroid dienone is 24. The first-order valence-corrected chi connectivity index (χ1v) is 33.8. The van der Waals surface area contributed by atoms with Gasteiger partial charge in [0.05, 0.1) is 6.61 Å². The molecule has 1 aliphatic rings. The Hall–Kier alpha value is -5.40. The van der Waals surface area contributed by atoms with Crippen LogP contribution in [0, 0.1) is 0 Å². The molecule has 6 atom stereocenters. The van der Waals surface area contributed by atoms with E-state index in [2.05, 4.69) is 167 Å². The van der Waals surface area contributed by atoms with Gasteiger partial charge < -0.3 is 39.0 Å². The van der Waals surface area contributed by atoms with E-state index < -0.39 is 67.3 Å². The zero-order valence-electron chi connectivity index (χ0n) is 54.2. The van der Waals surface area contributed by atoms with Crippen molar-refractivity contribution in [2.24, 2.45) is 0 Å². The zero-order chi connectivity index (χ0) is 63.1. The van der Waals surface area contributed by atoms with Gasteiger partial charge in [0.25, 0.3) is 0 Å². The van der Waals surface area contributed by atoms with Crippen molar-refractivity contribution in [2.45, 2.75) is 289 Å². The number of rotatable bonds is 56. The summed E-state index contributed by atoms with van der Waals surface area (Å²) < 4.78 is 28.5. The molecule has 3 N–H and O–H groups in total. The van der Waals surface area contributed by atoms with Crippen molar-refractivity contribution >= 4 is 23.9 Å². The second-order valence-corrected chi connectivity index (χ2v) is 22.3. The third kappa shape index (κ3) is 50.2. The monoisotopic (exact) mass is 1210 g/mol. The van der Waals surface area contributed by atoms with Gasteiger partial charge in [-0.1, -0.05) is 237 Å². The molecule has 1 aliphatic heterocycles. The molecular weight excluding hydrogens is 1090 g/mol. The smallest absolute Gasteiger partial charge is 0.335 e. The fourth-order valence-electron chi connectivity index (χ4n) is 9.27. The first-order valence-electron chi connectivity index (χ1n) is 33.8. The minimum Gasteiger partial charge on any atom is -0.479 e. The van der Waals surface area contributed by atoms with Gasteiger partial charge in [-0.15, -0.1) is 0 Å². The number of aliphatic hydroxyl groups excluding tert-OH is 2. The molecular formula is C75H118O12. The van der Waals surface area contributed by atoms with Crippen molar-refractivity contribution in [3.63, 3.8) is 0 Å². The number of unbranched alkanes of at least 4 members (excludes halogenated alkanes) is 18. The number of esters is 3. The molecule has 1 fully saturated rings. The van der Waals surface area contributed by atoms with Gasteiger partial charge in [-0.05, 0) is 141 Å². The van der Waals surface area contributed by atoms with Crippen molar-refractivity contribution in [3.8, 4) is 0 Å². The summed E-state index contributed by atoms with van der Waals surface area (Å²) in [7, 11) is 0. The van der Waals surface area contributed by atoms with Crippen molar-refractivity contribution in [3.05, 3.63) is 146 Å². The molecule has 12 heteroatoms. The quantitative estimate of drug-likeness (QED) is 0.0228. The maximum Gasteiger partial charge on any atom is 0.335 e. The Bertz CT molecular complexity index is 2070. The Balaban J connectivity index is 2.71. The van der Waals surface area contributed by atoms with Crippen LogP contribution < -0.4 is 0 Å². The number of carboxylic acid groups (broad SMARTS) is 1. The van der Waals surface area contributed by atoms with Gasteiger partial charge in [-0.3, -0.25) is 14.4 Å². The van der Waals surface area contributed by atoms with Crippen LogP contribution in [0.3, 0.4) is 0 Å². The SMILES string of the molecule is CC/C=C\C/C=C\C/C=C\C/C=C\C/C=C\CCCCCC(=O)OCC(COC1OC(C(=O)O)C(O)C(O)C1OC(=O)CCCCC/C=C\C/C=C\C/C=C\C/C=C\C/C=C\CC)OC(=O)CCCCCCCCCCC/C=C\C/C=C\CCCCC. The van der Waals surface area contributed by atoms with Gasteiger partial charge in [0.2, 0.25) is 0 Å². The molecule has 1 saturated heterocycles. The molecule has 0 spiro atoms. The van der Waals surface area contributed by atoms with Crippen molar-refractivity contribution in [1.29, 1.82) is 0 Å². The van der Waals surface area contributed by atoms with Crippen LogP contribution in [0.25, 0.3) is 0 Å². The van der Waals surface area contributed by atoms with Crippen LogP contribution in [0.2, 0.25) is 0 Å². The van der Waals surface area contributed by atoms with Crippen molar-refractivity contribution in [1.82, 2.24) is 0 Å². The second kappa shape index (κ2) is 60.9. The van der Waals surface area contributed by atoms with Gasteiger partial charge in [0, 0.05) is 19.3 Å². The Morgan fingerprint density at radius 1 is 0.391 bits per heavy atom. The number of aliphatic carboxylic acids is 1. The Kier molecular flexibility index (Phi) is 55.7. The highest BCUT2D eigenvalue weighted by atomic mass is 16.7. The van der Waals surface area contributed by atoms with Crippen molar-refractivity contribution in [2.75, 3.05) is 13.2 Å². The predicted octanol–water partition coefficient (Wildman–Crippen LogP) is 18.7. The van der Waals surface area contributed by atoms with E-state index in [1.165, 1.54) is 51.4 Å². The summed E-state index contributed by atoms with van der Waals surface area (Å²) in [6.45, 7) is 5.71. The van der Waals surface area contributed by atoms with Crippen LogP contribution in [0.5, 0.6) is 0 Å². The molecule has 87 heavy (non-hydrogen) atoms. The fraction of sp³-hybridized carbons (Fsp3) is 0.627. The van der Waals surface area contributed by atoms with E-state index in [9.17, 15) is 34.5 Å². The first kappa shape index (κ1) is 79.6. The predicted molar refractivity (Wildman–Crippen MR) is 358 cm³/mol. The molecule has 0 bridgehead atoms. The molecule has 490 valence electrons. The molecule has 0 amide bonds. The van der Waals surface area contributed by atoms with Gasteiger partial charge in [-0.25, -0.2) is 4.79 Å². The number of carbonyl (C=O) groups excluding carboxylic acids is 3. The van der Waals surface area contributed by atoms with Crippen molar-refractivity contribution < 1.29 is 58.2 Å². The first-order chi connectivity index (χ1) is 42.6. The average molecular weight is 1210 g/mol. The van der Waals surface area contributed by atoms with Crippen LogP contribution >= 0.6 is 0 Å². The van der Waals surface area contributed by atoms with Crippen LogP contribution in [0.4, 0.5) is 0 Å². The summed E-state index contributed by atoms with van der Waals surface area (Å²) in [6.07, 6.45) is 75.1. The number of carboxylic acids is 1. The molecule has 1 heterocycles. The van der Waals surface area contributed by atoms with E-state index >= 15 is 0 Å². The molecule has 0 aromatic rings. The molecule has 6 unspecified atom stereocenters. The van der Waals surface area contributed by atoms with Gasteiger partial charge in [0.1, 0.15) is 18.8 Å². The fourth-order valence-corrected chi connectivity index (χ4v) is 9.27. The summed E-state index contributed by atoms with van der Waals surface area (Å²) >= 11 is 0. The summed E-state index contributed by atoms with van der Waals surface area (Å²) in [6, 6.07) is 0. The van der Waals surface area contributed by atoms with E-state index in [1.807, 2.05) is 0 Å². The third-order valence-corrected chi connectivity index (χ3v) is 14.4. The minimum atomic E-state index is -1.93. The number of carbonyl (C=O) groups is 4. The summed E-state index contributed by atoms with van der Waals surface area (Å²) in [5.41, 5.74) is 0. The topological polar surface area (TPSA) is 175 Å². The van der Waals surface area contributed by atoms with Crippen LogP contribution in [0.15, 0.2) is 146 Å². The number of ether oxygens (including phenoxy) is 5. The largest absolute Gasteiger partial charge is 0.479 e. The number of hydrogen-bond acceptors (Lipinski definition) is 11. The Morgan fingerprint density at radius 2 is 0.724 bits per heavy atom. The molecule has 0 saturated carbocycles. The highest BCUT2D eigenvalue weighted by Gasteiger charge is 2.50. The van der Waals surface area contributed by atoms with E-state index in [-0.39, 0.29) is 25.9 Å². The minimum absolute atomic E-state index is 0.00949. The molecule has 0 aliphatic carbocycles. The molecule has 0 aromatic heterocycles. The standard InChI is InChI=1S/C75H118O12/c1-4-7-10-13-16-19-22-25-28-31-34-37-40-43-46-49-52-55-58-61-67(76)83-64-66(85-68(77)62-59-56-53-50-47-44-41-38-35-32-29-26-23-20-17-14-11-8-5-2)65-84-75-73(71(80)70(79)72(87-75)74(81)82)86-69(78)63-60-57-54-51-48-45-42-39-36-33-30-27-24-21-18-15-12-9-6-3/h7,9-10,12,16-21,25-30,34,36-37,39,43,45-46,48,66,70-73,75,79-80H,4-6,8,11,13-15,22-24,31-33,35,38,40-42,44,47,49-65H2,1-3H3,(H,81,82)/b10-7-,12-9-,19-16-,20-17-,21-18-,28-25-,29-26-,30-27-,37-34-,39-36-,46-43-,48-45-. The van der Waals surface area contributed by atoms with E-state index in [4.69, 9.17) is 23.7 Å². The highest BCUT2D eigenvalue weighted by molar-refractivity contribution is 5.74. The third-order valence-electron chi connectivity index (χ3n) is 14.4.